The molecular formula is C20H37N3OSi. The van der Waals surface area contributed by atoms with E-state index in [-0.39, 0.29) is 10.5 Å². The fourth-order valence-electron chi connectivity index (χ4n) is 4.70. The second-order valence-electron chi connectivity index (χ2n) is 9.88. The molecule has 2 aliphatic rings. The van der Waals surface area contributed by atoms with Gasteiger partial charge in [-0.3, -0.25) is 0 Å². The molecule has 0 spiro atoms. The summed E-state index contributed by atoms with van der Waals surface area (Å²) < 4.78 is 6.92. The van der Waals surface area contributed by atoms with Gasteiger partial charge >= 0.3 is 0 Å². The molecule has 142 valence electrons. The first-order valence-corrected chi connectivity index (χ1v) is 12.8. The third-order valence-corrected chi connectivity index (χ3v) is 11.7. The Morgan fingerprint density at radius 3 is 2.68 bits per heavy atom. The molecule has 0 aromatic rings. The molecule has 0 heterocycles. The average Bonchev–Trinajstić information content (AvgIpc) is 2.50. The summed E-state index contributed by atoms with van der Waals surface area (Å²) >= 11 is 0. The first-order chi connectivity index (χ1) is 11.5. The van der Waals surface area contributed by atoms with Gasteiger partial charge in [0.05, 0.1) is 0 Å². The van der Waals surface area contributed by atoms with E-state index >= 15 is 0 Å². The molecule has 5 heteroatoms. The average molecular weight is 364 g/mol. The summed E-state index contributed by atoms with van der Waals surface area (Å²) in [6.45, 7) is 17.0. The third kappa shape index (κ3) is 4.15. The number of azide groups is 1. The lowest BCUT2D eigenvalue weighted by atomic mass is 9.56. The van der Waals surface area contributed by atoms with Crippen LogP contribution in [0.5, 0.6) is 0 Å². The fraction of sp³-hybridized carbons (Fsp3) is 0.900. The molecule has 0 radical (unpaired) electrons. The maximum atomic E-state index is 8.68. The molecule has 4 atom stereocenters. The highest BCUT2D eigenvalue weighted by Crippen LogP contribution is 2.55. The van der Waals surface area contributed by atoms with Crippen LogP contribution in [-0.2, 0) is 4.43 Å². The lowest BCUT2D eigenvalue weighted by Crippen LogP contribution is -2.51. The molecule has 1 saturated carbocycles. The molecule has 2 aliphatic carbocycles. The number of rotatable bonds is 5. The van der Waals surface area contributed by atoms with E-state index < -0.39 is 8.32 Å². The van der Waals surface area contributed by atoms with Crippen molar-refractivity contribution in [1.29, 1.82) is 0 Å². The van der Waals surface area contributed by atoms with Crippen molar-refractivity contribution < 1.29 is 4.43 Å². The predicted octanol–water partition coefficient (Wildman–Crippen LogP) is 6.85. The van der Waals surface area contributed by atoms with Crippen molar-refractivity contribution in [2.45, 2.75) is 91.0 Å². The minimum atomic E-state index is -1.76. The third-order valence-electron chi connectivity index (χ3n) is 7.16. The maximum absolute atomic E-state index is 8.68. The molecule has 0 aromatic heterocycles. The van der Waals surface area contributed by atoms with E-state index in [0.29, 0.717) is 24.5 Å². The van der Waals surface area contributed by atoms with Crippen molar-refractivity contribution >= 4 is 8.32 Å². The smallest absolute Gasteiger partial charge is 0.192 e. The van der Waals surface area contributed by atoms with Crippen molar-refractivity contribution in [3.8, 4) is 0 Å². The molecule has 2 rings (SSSR count). The molecule has 0 aromatic carbocycles. The van der Waals surface area contributed by atoms with Gasteiger partial charge in [0.15, 0.2) is 8.32 Å². The topological polar surface area (TPSA) is 58.0 Å². The minimum Gasteiger partial charge on any atom is -0.414 e. The van der Waals surface area contributed by atoms with Crippen molar-refractivity contribution in [2.24, 2.45) is 22.4 Å². The highest BCUT2D eigenvalue weighted by Gasteiger charge is 2.49. The van der Waals surface area contributed by atoms with Crippen LogP contribution >= 0.6 is 0 Å². The zero-order valence-electron chi connectivity index (χ0n) is 17.3. The van der Waals surface area contributed by atoms with Crippen LogP contribution < -0.4 is 0 Å². The molecule has 0 aliphatic heterocycles. The molecule has 0 saturated heterocycles. The van der Waals surface area contributed by atoms with Crippen molar-refractivity contribution in [3.63, 3.8) is 0 Å². The van der Waals surface area contributed by atoms with Crippen molar-refractivity contribution in [2.75, 3.05) is 6.54 Å². The summed E-state index contributed by atoms with van der Waals surface area (Å²) in [7, 11) is -1.76. The lowest BCUT2D eigenvalue weighted by Gasteiger charge is -2.53. The summed E-state index contributed by atoms with van der Waals surface area (Å²) in [4.78, 5) is 2.97. The van der Waals surface area contributed by atoms with Gasteiger partial charge in [0.1, 0.15) is 0 Å². The fourth-order valence-corrected chi connectivity index (χ4v) is 6.09. The lowest BCUT2D eigenvalue weighted by molar-refractivity contribution is -0.00483. The number of hydrogen-bond acceptors (Lipinski definition) is 2. The quantitative estimate of drug-likeness (QED) is 0.173. The molecule has 0 bridgehead atoms. The van der Waals surface area contributed by atoms with Gasteiger partial charge in [0, 0.05) is 17.6 Å². The Kier molecular flexibility index (Phi) is 6.13. The number of allylic oxidation sites excluding steroid dienone is 1. The molecule has 1 unspecified atom stereocenters. The van der Waals surface area contributed by atoms with E-state index in [1.807, 2.05) is 0 Å². The normalized spacial score (nSPS) is 31.6. The van der Waals surface area contributed by atoms with Crippen LogP contribution in [0.25, 0.3) is 10.4 Å². The summed E-state index contributed by atoms with van der Waals surface area (Å²) in [6, 6.07) is 0. The summed E-state index contributed by atoms with van der Waals surface area (Å²) in [5.41, 5.74) is 10.4. The van der Waals surface area contributed by atoms with Gasteiger partial charge in [-0.15, -0.1) is 0 Å². The van der Waals surface area contributed by atoms with E-state index in [9.17, 15) is 0 Å². The van der Waals surface area contributed by atoms with Gasteiger partial charge in [-0.1, -0.05) is 57.8 Å². The van der Waals surface area contributed by atoms with E-state index in [2.05, 4.69) is 63.8 Å². The molecule has 0 amide bonds. The number of fused-ring (bicyclic) bond motifs is 1. The Morgan fingerprint density at radius 2 is 2.08 bits per heavy atom. The molecule has 0 N–H and O–H groups in total. The van der Waals surface area contributed by atoms with Gasteiger partial charge in [-0.25, -0.2) is 0 Å². The Hall–Kier alpha value is -0.773. The molecular weight excluding hydrogens is 326 g/mol. The second kappa shape index (κ2) is 7.46. The van der Waals surface area contributed by atoms with Crippen LogP contribution in [0.15, 0.2) is 16.8 Å². The van der Waals surface area contributed by atoms with Crippen LogP contribution in [0.3, 0.4) is 0 Å². The SMILES string of the molecule is CC(CN=[N+]=[N-])C1=CCC[C@H]2[C@@H](O[Si](C)(C)C(C)(C)C)CCC[C@]12C. The molecule has 25 heavy (non-hydrogen) atoms. The molecule has 4 nitrogen and oxygen atoms in total. The minimum absolute atomic E-state index is 0.202. The second-order valence-corrected chi connectivity index (χ2v) is 14.6. The largest absolute Gasteiger partial charge is 0.414 e. The highest BCUT2D eigenvalue weighted by atomic mass is 28.4. The van der Waals surface area contributed by atoms with Crippen molar-refractivity contribution in [1.82, 2.24) is 0 Å². The summed E-state index contributed by atoms with van der Waals surface area (Å²) in [5, 5.41) is 4.09. The Balaban J connectivity index is 2.24. The Morgan fingerprint density at radius 1 is 1.40 bits per heavy atom. The van der Waals surface area contributed by atoms with Gasteiger partial charge in [0.25, 0.3) is 0 Å². The van der Waals surface area contributed by atoms with Crippen LogP contribution in [0, 0.1) is 17.3 Å². The van der Waals surface area contributed by atoms with Gasteiger partial charge in [-0.2, -0.15) is 0 Å². The van der Waals surface area contributed by atoms with Gasteiger partial charge in [0.2, 0.25) is 0 Å². The van der Waals surface area contributed by atoms with Gasteiger partial charge < -0.3 is 4.43 Å². The number of nitrogens with zero attached hydrogens (tertiary/aromatic N) is 3. The Labute approximate surface area is 155 Å². The van der Waals surface area contributed by atoms with Crippen LogP contribution in [0.4, 0.5) is 0 Å². The van der Waals surface area contributed by atoms with Gasteiger partial charge in [-0.05, 0) is 66.6 Å². The summed E-state index contributed by atoms with van der Waals surface area (Å²) in [6.07, 6.45) is 8.85. The highest BCUT2D eigenvalue weighted by molar-refractivity contribution is 6.74. The van der Waals surface area contributed by atoms with Crippen LogP contribution in [0.2, 0.25) is 18.1 Å². The predicted molar refractivity (Wildman–Crippen MR) is 108 cm³/mol. The van der Waals surface area contributed by atoms with Crippen LogP contribution in [-0.4, -0.2) is 21.0 Å². The summed E-state index contributed by atoms with van der Waals surface area (Å²) in [5.74, 6) is 0.930. The zero-order chi connectivity index (χ0) is 18.9. The van der Waals surface area contributed by atoms with E-state index in [4.69, 9.17) is 9.96 Å². The monoisotopic (exact) mass is 363 g/mol. The van der Waals surface area contributed by atoms with E-state index in [1.54, 1.807) is 0 Å². The maximum Gasteiger partial charge on any atom is 0.192 e. The first-order valence-electron chi connectivity index (χ1n) is 9.92. The Bertz CT molecular complexity index is 560. The van der Waals surface area contributed by atoms with Crippen LogP contribution in [0.1, 0.15) is 66.7 Å². The van der Waals surface area contributed by atoms with E-state index in [1.165, 1.54) is 31.3 Å². The number of hydrogen-bond donors (Lipinski definition) is 0. The van der Waals surface area contributed by atoms with E-state index in [0.717, 1.165) is 6.42 Å². The van der Waals surface area contributed by atoms with Crippen molar-refractivity contribution in [3.05, 3.63) is 22.1 Å². The zero-order valence-corrected chi connectivity index (χ0v) is 18.3. The first kappa shape index (κ1) is 20.5. The molecule has 1 fully saturated rings. The standard InChI is InChI=1S/C20H37N3OSi/c1-15(14-22-23-21)16-10-8-11-17-18(12-9-13-20(16,17)5)24-25(6,7)19(2,3)4/h10,15,17-18H,8-9,11-14H2,1-7H3/t15?,17-,18-,20+/m0/s1.